The van der Waals surface area contributed by atoms with Crippen molar-refractivity contribution >= 4 is 45.6 Å². The molecule has 4 nitrogen and oxygen atoms in total. The molecule has 1 unspecified atom stereocenters. The summed E-state index contributed by atoms with van der Waals surface area (Å²) >= 11 is 14.5. The Morgan fingerprint density at radius 1 is 1.17 bits per heavy atom. The number of rotatable bonds is 3. The molecule has 156 valence electrons. The van der Waals surface area contributed by atoms with Crippen LogP contribution in [-0.4, -0.2) is 14.6 Å². The Hall–Kier alpha value is -1.95. The first-order chi connectivity index (χ1) is 14.3. The number of thioether (sulfide) groups is 1. The number of hydrogen-bond donors (Lipinski definition) is 1. The van der Waals surface area contributed by atoms with E-state index < -0.39 is 0 Å². The molecule has 0 spiro atoms. The second-order valence-electron chi connectivity index (χ2n) is 8.31. The molecule has 1 atom stereocenters. The number of aromatic nitrogens is 2. The van der Waals surface area contributed by atoms with E-state index in [1.165, 1.54) is 0 Å². The molecular weight excluding hydrogens is 435 g/mol. The van der Waals surface area contributed by atoms with Gasteiger partial charge in [-0.2, -0.15) is 5.10 Å². The van der Waals surface area contributed by atoms with Crippen molar-refractivity contribution < 1.29 is 0 Å². The highest BCUT2D eigenvalue weighted by Crippen LogP contribution is 2.41. The number of halogens is 2. The highest BCUT2D eigenvalue weighted by molar-refractivity contribution is 8.14. The fourth-order valence-electron chi connectivity index (χ4n) is 3.38. The highest BCUT2D eigenvalue weighted by atomic mass is 35.5. The van der Waals surface area contributed by atoms with Crippen molar-refractivity contribution in [3.05, 3.63) is 75.8 Å². The maximum Gasteiger partial charge on any atom is 0.146 e. The lowest BCUT2D eigenvalue weighted by Crippen LogP contribution is -2.15. The predicted molar refractivity (Wildman–Crippen MR) is 129 cm³/mol. The summed E-state index contributed by atoms with van der Waals surface area (Å²) < 4.78 is 2.14. The molecule has 1 aliphatic heterocycles. The van der Waals surface area contributed by atoms with Gasteiger partial charge < -0.3 is 0 Å². The molecule has 0 radical (unpaired) electrons. The molecular formula is C23H24Cl2N4S. The zero-order valence-corrected chi connectivity index (χ0v) is 19.7. The van der Waals surface area contributed by atoms with E-state index in [0.29, 0.717) is 10.1 Å². The Balaban J connectivity index is 1.83. The molecule has 1 aromatic heterocycles. The second kappa shape index (κ2) is 8.29. The number of hydrogen-bond acceptors (Lipinski definition) is 4. The van der Waals surface area contributed by atoms with Crippen LogP contribution in [0.15, 0.2) is 58.7 Å². The summed E-state index contributed by atoms with van der Waals surface area (Å²) in [7, 11) is 0. The molecule has 1 aromatic carbocycles. The SMILES string of the molecule is Cc1c(C2NN=C(C(C)(C)C)S2)nc(C2=CC=CCC=C2Cl)n1-c1ccc(Cl)cc1. The Labute approximate surface area is 191 Å². The lowest BCUT2D eigenvalue weighted by Gasteiger charge is -2.17. The monoisotopic (exact) mass is 458 g/mol. The number of imidazole rings is 1. The second-order valence-corrected chi connectivity index (χ2v) is 10.2. The summed E-state index contributed by atoms with van der Waals surface area (Å²) in [5, 5.41) is 7.00. The summed E-state index contributed by atoms with van der Waals surface area (Å²) in [6.45, 7) is 8.59. The van der Waals surface area contributed by atoms with Crippen LogP contribution in [0.2, 0.25) is 5.02 Å². The zero-order chi connectivity index (χ0) is 21.5. The van der Waals surface area contributed by atoms with Crippen molar-refractivity contribution in [3.63, 3.8) is 0 Å². The van der Waals surface area contributed by atoms with Crippen molar-refractivity contribution in [2.24, 2.45) is 10.5 Å². The third kappa shape index (κ3) is 4.11. The number of nitrogens with zero attached hydrogens (tertiary/aromatic N) is 3. The van der Waals surface area contributed by atoms with Crippen molar-refractivity contribution in [3.8, 4) is 5.69 Å². The van der Waals surface area contributed by atoms with E-state index in [9.17, 15) is 0 Å². The normalized spacial score (nSPS) is 19.1. The molecule has 1 aliphatic carbocycles. The van der Waals surface area contributed by atoms with Gasteiger partial charge in [-0.05, 0) is 37.6 Å². The Bertz CT molecular complexity index is 1090. The van der Waals surface area contributed by atoms with Gasteiger partial charge in [-0.25, -0.2) is 4.98 Å². The van der Waals surface area contributed by atoms with E-state index >= 15 is 0 Å². The molecule has 0 bridgehead atoms. The van der Waals surface area contributed by atoms with Crippen LogP contribution in [0.3, 0.4) is 0 Å². The van der Waals surface area contributed by atoms with Gasteiger partial charge in [0.1, 0.15) is 16.2 Å². The molecule has 0 fully saturated rings. The number of allylic oxidation sites excluding steroid dienone is 6. The molecule has 2 heterocycles. The van der Waals surface area contributed by atoms with Gasteiger partial charge in [0.2, 0.25) is 0 Å². The smallest absolute Gasteiger partial charge is 0.146 e. The summed E-state index contributed by atoms with van der Waals surface area (Å²) in [5.74, 6) is 0.809. The van der Waals surface area contributed by atoms with Crippen LogP contribution in [0, 0.1) is 12.3 Å². The van der Waals surface area contributed by atoms with E-state index in [1.807, 2.05) is 42.5 Å². The molecule has 0 saturated carbocycles. The van der Waals surface area contributed by atoms with Gasteiger partial charge in [0.15, 0.2) is 0 Å². The topological polar surface area (TPSA) is 42.2 Å². The van der Waals surface area contributed by atoms with E-state index in [2.05, 4.69) is 48.9 Å². The highest BCUT2D eigenvalue weighted by Gasteiger charge is 2.33. The standard InChI is InChI=1S/C23H24Cl2N4S/c1-14-19(21-27-28-22(30-21)23(2,3)4)26-20(17-8-6-5-7-9-18(17)25)29(14)16-12-10-15(24)11-13-16/h5-6,8-13,21,27H,7H2,1-4H3. The fourth-order valence-corrected chi connectivity index (χ4v) is 4.87. The first kappa shape index (κ1) is 21.3. The van der Waals surface area contributed by atoms with Crippen molar-refractivity contribution in [2.45, 2.75) is 39.5 Å². The summed E-state index contributed by atoms with van der Waals surface area (Å²) in [6.07, 6.45) is 8.94. The maximum absolute atomic E-state index is 6.65. The lowest BCUT2D eigenvalue weighted by atomic mass is 9.99. The first-order valence-electron chi connectivity index (χ1n) is 9.84. The summed E-state index contributed by atoms with van der Waals surface area (Å²) in [5.41, 5.74) is 7.14. The molecule has 2 aromatic rings. The fraction of sp³-hybridized carbons (Fsp3) is 0.304. The molecule has 4 rings (SSSR count). The minimum absolute atomic E-state index is 0.0114. The van der Waals surface area contributed by atoms with Crippen LogP contribution in [-0.2, 0) is 0 Å². The summed E-state index contributed by atoms with van der Waals surface area (Å²) in [6, 6.07) is 7.78. The third-order valence-electron chi connectivity index (χ3n) is 4.96. The molecule has 30 heavy (non-hydrogen) atoms. The zero-order valence-electron chi connectivity index (χ0n) is 17.4. The van der Waals surface area contributed by atoms with Gasteiger partial charge >= 0.3 is 0 Å². The van der Waals surface area contributed by atoms with Gasteiger partial charge in [0, 0.05) is 32.4 Å². The van der Waals surface area contributed by atoms with E-state index in [1.54, 1.807) is 11.8 Å². The predicted octanol–water partition coefficient (Wildman–Crippen LogP) is 6.99. The van der Waals surface area contributed by atoms with Gasteiger partial charge in [0.25, 0.3) is 0 Å². The largest absolute Gasteiger partial charge is 0.297 e. The molecule has 1 N–H and O–H groups in total. The van der Waals surface area contributed by atoms with Gasteiger partial charge in [-0.15, -0.1) is 0 Å². The Morgan fingerprint density at radius 2 is 1.90 bits per heavy atom. The van der Waals surface area contributed by atoms with Crippen LogP contribution >= 0.6 is 35.0 Å². The third-order valence-corrected chi connectivity index (χ3v) is 7.06. The molecule has 7 heteroatoms. The minimum atomic E-state index is -0.0452. The summed E-state index contributed by atoms with van der Waals surface area (Å²) in [4.78, 5) is 5.07. The van der Waals surface area contributed by atoms with Gasteiger partial charge in [0.05, 0.1) is 5.69 Å². The van der Waals surface area contributed by atoms with Crippen molar-refractivity contribution in [2.75, 3.05) is 0 Å². The maximum atomic E-state index is 6.65. The van der Waals surface area contributed by atoms with Crippen LogP contribution in [0.1, 0.15) is 49.8 Å². The van der Waals surface area contributed by atoms with E-state index in [0.717, 1.165) is 39.9 Å². The molecule has 2 aliphatic rings. The Morgan fingerprint density at radius 3 is 2.57 bits per heavy atom. The number of nitrogens with one attached hydrogen (secondary N) is 1. The average molecular weight is 459 g/mol. The van der Waals surface area contributed by atoms with Crippen LogP contribution in [0.25, 0.3) is 11.3 Å². The van der Waals surface area contributed by atoms with E-state index in [-0.39, 0.29) is 10.8 Å². The number of hydrazone groups is 1. The van der Waals surface area contributed by atoms with Gasteiger partial charge in [-0.1, -0.05) is 80.0 Å². The Kier molecular flexibility index (Phi) is 5.88. The molecule has 0 amide bonds. The first-order valence-corrected chi connectivity index (χ1v) is 11.5. The quantitative estimate of drug-likeness (QED) is 0.538. The number of benzene rings is 1. The van der Waals surface area contributed by atoms with E-state index in [4.69, 9.17) is 28.2 Å². The average Bonchev–Trinajstić information content (AvgIpc) is 3.24. The van der Waals surface area contributed by atoms with Crippen molar-refractivity contribution in [1.29, 1.82) is 0 Å². The van der Waals surface area contributed by atoms with Crippen LogP contribution in [0.4, 0.5) is 0 Å². The molecule has 0 saturated heterocycles. The van der Waals surface area contributed by atoms with Crippen LogP contribution < -0.4 is 5.43 Å². The lowest BCUT2D eigenvalue weighted by molar-refractivity contribution is 0.595. The van der Waals surface area contributed by atoms with Gasteiger partial charge in [-0.3, -0.25) is 9.99 Å². The minimum Gasteiger partial charge on any atom is -0.297 e. The van der Waals surface area contributed by atoms with Crippen LogP contribution in [0.5, 0.6) is 0 Å². The van der Waals surface area contributed by atoms with Crippen molar-refractivity contribution in [1.82, 2.24) is 15.0 Å².